The monoisotopic (exact) mass is 554 g/mol. The van der Waals surface area contributed by atoms with Gasteiger partial charge < -0.3 is 28.4 Å². The minimum Gasteiger partial charge on any atom is -0.374 e. The SMILES string of the molecule is c1ccc(COC[C@@H]2OCO[C@H](COCc3ccccc3)[C@H](OCc3ccccc3)[C@@H]2OCc2ccccc2)cc1. The highest BCUT2D eigenvalue weighted by atomic mass is 16.7. The Balaban J connectivity index is 1.33. The first-order valence-corrected chi connectivity index (χ1v) is 14.1. The molecule has 0 radical (unpaired) electrons. The van der Waals surface area contributed by atoms with E-state index in [1.807, 2.05) is 97.1 Å². The quantitative estimate of drug-likeness (QED) is 0.182. The van der Waals surface area contributed by atoms with Crippen LogP contribution >= 0.6 is 0 Å². The first-order valence-electron chi connectivity index (χ1n) is 14.1. The van der Waals surface area contributed by atoms with Gasteiger partial charge in [0.25, 0.3) is 0 Å². The lowest BCUT2D eigenvalue weighted by molar-refractivity contribution is -0.159. The highest BCUT2D eigenvalue weighted by Crippen LogP contribution is 2.25. The second-order valence-electron chi connectivity index (χ2n) is 10.1. The number of hydrogen-bond acceptors (Lipinski definition) is 6. The number of benzene rings is 4. The number of rotatable bonds is 14. The standard InChI is InChI=1S/C35H38O6/c1-5-13-28(14-6-1)21-36-25-32-34(38-23-30-17-9-3-10-18-30)35(39-24-31-19-11-4-12-20-31)33(41-27-40-32)26-37-22-29-15-7-2-8-16-29/h1-20,32-35H,21-27H2/t32-,33+,34+,35-. The van der Waals surface area contributed by atoms with E-state index in [1.54, 1.807) is 0 Å². The Hall–Kier alpha value is -3.36. The van der Waals surface area contributed by atoms with E-state index in [9.17, 15) is 0 Å². The van der Waals surface area contributed by atoms with Crippen LogP contribution in [0.5, 0.6) is 0 Å². The van der Waals surface area contributed by atoms with Gasteiger partial charge >= 0.3 is 0 Å². The molecule has 0 spiro atoms. The van der Waals surface area contributed by atoms with Crippen molar-refractivity contribution in [2.45, 2.75) is 50.8 Å². The fourth-order valence-electron chi connectivity index (χ4n) is 4.78. The van der Waals surface area contributed by atoms with Gasteiger partial charge in [-0.1, -0.05) is 121 Å². The second-order valence-corrected chi connectivity index (χ2v) is 10.1. The van der Waals surface area contributed by atoms with Crippen LogP contribution in [0.15, 0.2) is 121 Å². The van der Waals surface area contributed by atoms with Gasteiger partial charge in [-0.15, -0.1) is 0 Å². The molecule has 1 aliphatic heterocycles. The van der Waals surface area contributed by atoms with Gasteiger partial charge in [-0.2, -0.15) is 0 Å². The smallest absolute Gasteiger partial charge is 0.147 e. The van der Waals surface area contributed by atoms with Crippen LogP contribution in [0.4, 0.5) is 0 Å². The molecule has 4 aromatic rings. The van der Waals surface area contributed by atoms with E-state index in [1.165, 1.54) is 0 Å². The lowest BCUT2D eigenvalue weighted by atomic mass is 10.0. The maximum atomic E-state index is 6.59. The molecule has 0 aliphatic carbocycles. The molecule has 1 aliphatic rings. The van der Waals surface area contributed by atoms with Gasteiger partial charge in [-0.3, -0.25) is 0 Å². The van der Waals surface area contributed by atoms with Crippen molar-refractivity contribution in [3.8, 4) is 0 Å². The third kappa shape index (κ3) is 9.33. The minimum absolute atomic E-state index is 0.0924. The van der Waals surface area contributed by atoms with Crippen molar-refractivity contribution in [3.05, 3.63) is 144 Å². The fraction of sp³-hybridized carbons (Fsp3) is 0.314. The van der Waals surface area contributed by atoms with E-state index in [0.717, 1.165) is 22.3 Å². The zero-order chi connectivity index (χ0) is 28.0. The Morgan fingerprint density at radius 2 is 0.756 bits per heavy atom. The summed E-state index contributed by atoms with van der Waals surface area (Å²) in [5.74, 6) is 0. The van der Waals surface area contributed by atoms with Crippen LogP contribution in [0, 0.1) is 0 Å². The predicted octanol–water partition coefficient (Wildman–Crippen LogP) is 6.33. The molecule has 1 fully saturated rings. The molecule has 214 valence electrons. The minimum atomic E-state index is -0.456. The number of hydrogen-bond donors (Lipinski definition) is 0. The van der Waals surface area contributed by atoms with Gasteiger partial charge in [-0.05, 0) is 22.3 Å². The van der Waals surface area contributed by atoms with Gasteiger partial charge in [0.05, 0.1) is 39.6 Å². The van der Waals surface area contributed by atoms with Crippen LogP contribution < -0.4 is 0 Å². The molecule has 4 aromatic carbocycles. The van der Waals surface area contributed by atoms with Crippen LogP contribution in [0.25, 0.3) is 0 Å². The first kappa shape index (κ1) is 29.1. The van der Waals surface area contributed by atoms with Crippen molar-refractivity contribution in [2.24, 2.45) is 0 Å². The van der Waals surface area contributed by atoms with Crippen molar-refractivity contribution in [1.29, 1.82) is 0 Å². The van der Waals surface area contributed by atoms with Crippen LogP contribution in [0.1, 0.15) is 22.3 Å². The van der Waals surface area contributed by atoms with Gasteiger partial charge in [0.15, 0.2) is 0 Å². The van der Waals surface area contributed by atoms with Crippen LogP contribution in [-0.4, -0.2) is 44.4 Å². The topological polar surface area (TPSA) is 55.4 Å². The normalized spacial score (nSPS) is 20.9. The maximum Gasteiger partial charge on any atom is 0.147 e. The third-order valence-electron chi connectivity index (χ3n) is 6.98. The molecule has 1 heterocycles. The van der Waals surface area contributed by atoms with Gasteiger partial charge in [0.1, 0.15) is 31.2 Å². The summed E-state index contributed by atoms with van der Waals surface area (Å²) in [6, 6.07) is 40.5. The van der Waals surface area contributed by atoms with E-state index in [0.29, 0.717) is 39.6 Å². The molecule has 0 bridgehead atoms. The largest absolute Gasteiger partial charge is 0.374 e. The average Bonchev–Trinajstić information content (AvgIpc) is 3.19. The summed E-state index contributed by atoms with van der Waals surface area (Å²) in [7, 11) is 0. The summed E-state index contributed by atoms with van der Waals surface area (Å²) in [5.41, 5.74) is 4.34. The summed E-state index contributed by atoms with van der Waals surface area (Å²) in [5, 5.41) is 0. The lowest BCUT2D eigenvalue weighted by Crippen LogP contribution is -2.49. The summed E-state index contributed by atoms with van der Waals surface area (Å²) in [6.07, 6.45) is -1.71. The molecule has 0 saturated carbocycles. The van der Waals surface area contributed by atoms with Gasteiger partial charge in [0.2, 0.25) is 0 Å². The van der Waals surface area contributed by atoms with Gasteiger partial charge in [-0.25, -0.2) is 0 Å². The van der Waals surface area contributed by atoms with E-state index in [-0.39, 0.29) is 6.79 Å². The Morgan fingerprint density at radius 3 is 1.10 bits per heavy atom. The molecule has 4 atom stereocenters. The molecule has 6 heteroatoms. The lowest BCUT2D eigenvalue weighted by Gasteiger charge is -2.33. The molecule has 0 unspecified atom stereocenters. The second kappa shape index (κ2) is 16.2. The summed E-state index contributed by atoms with van der Waals surface area (Å²) in [6.45, 7) is 2.54. The van der Waals surface area contributed by atoms with Crippen LogP contribution in [0.2, 0.25) is 0 Å². The molecule has 0 N–H and O–H groups in total. The highest BCUT2D eigenvalue weighted by molar-refractivity contribution is 5.16. The Labute approximate surface area is 242 Å². The van der Waals surface area contributed by atoms with E-state index in [4.69, 9.17) is 28.4 Å². The molecule has 0 amide bonds. The van der Waals surface area contributed by atoms with Crippen molar-refractivity contribution in [3.63, 3.8) is 0 Å². The Bertz CT molecular complexity index is 1140. The molecule has 5 rings (SSSR count). The summed E-state index contributed by atoms with van der Waals surface area (Å²) in [4.78, 5) is 0. The summed E-state index contributed by atoms with van der Waals surface area (Å²) >= 11 is 0. The molecule has 0 aromatic heterocycles. The highest BCUT2D eigenvalue weighted by Gasteiger charge is 2.41. The molecule has 41 heavy (non-hydrogen) atoms. The van der Waals surface area contributed by atoms with Crippen LogP contribution in [-0.2, 0) is 54.8 Å². The van der Waals surface area contributed by atoms with E-state index >= 15 is 0 Å². The molecule has 1 saturated heterocycles. The third-order valence-corrected chi connectivity index (χ3v) is 6.98. The maximum absolute atomic E-state index is 6.59. The van der Waals surface area contributed by atoms with Crippen LogP contribution in [0.3, 0.4) is 0 Å². The van der Waals surface area contributed by atoms with Crippen molar-refractivity contribution >= 4 is 0 Å². The molecular formula is C35H38O6. The predicted molar refractivity (Wildman–Crippen MR) is 157 cm³/mol. The Morgan fingerprint density at radius 1 is 0.439 bits per heavy atom. The van der Waals surface area contributed by atoms with Crippen molar-refractivity contribution < 1.29 is 28.4 Å². The van der Waals surface area contributed by atoms with Crippen molar-refractivity contribution in [2.75, 3.05) is 20.0 Å². The summed E-state index contributed by atoms with van der Waals surface area (Å²) < 4.78 is 37.9. The fourth-order valence-corrected chi connectivity index (χ4v) is 4.78. The zero-order valence-electron chi connectivity index (χ0n) is 23.3. The average molecular weight is 555 g/mol. The molecule has 6 nitrogen and oxygen atoms in total. The van der Waals surface area contributed by atoms with Crippen molar-refractivity contribution in [1.82, 2.24) is 0 Å². The zero-order valence-corrected chi connectivity index (χ0v) is 23.3. The van der Waals surface area contributed by atoms with E-state index in [2.05, 4.69) is 24.3 Å². The Kier molecular flexibility index (Phi) is 11.5. The first-order chi connectivity index (χ1) is 20.3. The molecular weight excluding hydrogens is 516 g/mol. The van der Waals surface area contributed by atoms with E-state index < -0.39 is 24.4 Å². The number of ether oxygens (including phenoxy) is 6. The van der Waals surface area contributed by atoms with Gasteiger partial charge in [0, 0.05) is 0 Å².